The van der Waals surface area contributed by atoms with Crippen LogP contribution in [-0.2, 0) is 0 Å². The molecule has 2 aliphatic rings. The first-order valence-electron chi connectivity index (χ1n) is 9.77. The predicted molar refractivity (Wildman–Crippen MR) is 103 cm³/mol. The van der Waals surface area contributed by atoms with Crippen molar-refractivity contribution < 1.29 is 18.8 Å². The van der Waals surface area contributed by atoms with Crippen LogP contribution < -0.4 is 0 Å². The summed E-state index contributed by atoms with van der Waals surface area (Å²) in [6.45, 7) is 0.235. The molecule has 6 nitrogen and oxygen atoms in total. The summed E-state index contributed by atoms with van der Waals surface area (Å²) in [5, 5.41) is 14.2. The molecule has 7 heteroatoms. The van der Waals surface area contributed by atoms with Crippen LogP contribution in [0.3, 0.4) is 0 Å². The minimum atomic E-state index is -0.615. The fraction of sp³-hybridized carbons (Fsp3) is 0.318. The fourth-order valence-electron chi connectivity index (χ4n) is 3.84. The maximum absolute atomic E-state index is 13.3. The van der Waals surface area contributed by atoms with Gasteiger partial charge in [-0.25, -0.2) is 4.39 Å². The number of aliphatic hydroxyl groups is 1. The van der Waals surface area contributed by atoms with Crippen molar-refractivity contribution in [2.75, 3.05) is 6.54 Å². The lowest BCUT2D eigenvalue weighted by atomic mass is 10.0. The van der Waals surface area contributed by atoms with E-state index in [-0.39, 0.29) is 24.3 Å². The van der Waals surface area contributed by atoms with E-state index in [0.717, 1.165) is 18.4 Å². The zero-order valence-corrected chi connectivity index (χ0v) is 15.7. The number of nitrogens with zero attached hydrogens (tertiary/aromatic N) is 3. The number of β-amino-alcohol motifs (C(OH)–C–C–N with tert-alkyl or cyclic N) is 1. The molecule has 3 aromatic rings. The summed E-state index contributed by atoms with van der Waals surface area (Å²) in [5.41, 5.74) is 2.01. The smallest absolute Gasteiger partial charge is 0.254 e. The third-order valence-corrected chi connectivity index (χ3v) is 5.53. The molecule has 29 heavy (non-hydrogen) atoms. The molecule has 148 valence electrons. The number of amides is 1. The van der Waals surface area contributed by atoms with Crippen molar-refractivity contribution in [3.05, 3.63) is 71.4 Å². The molecule has 2 atom stereocenters. The molecule has 1 aromatic heterocycles. The molecule has 2 aromatic carbocycles. The molecule has 5 rings (SSSR count). The number of aromatic nitrogens is 2. The minimum absolute atomic E-state index is 0.191. The summed E-state index contributed by atoms with van der Waals surface area (Å²) in [6, 6.07) is 12.9. The number of halogens is 1. The predicted octanol–water partition coefficient (Wildman–Crippen LogP) is 3.70. The SMILES string of the molecule is O=C(c1cccc(-c2noc(C3CC3)n2)c1)N1C[C@H](O)C[C@@H]1c1ccc(F)cc1. The maximum Gasteiger partial charge on any atom is 0.254 e. The number of carbonyl (C=O) groups excluding carboxylic acids is 1. The first kappa shape index (κ1) is 18.0. The summed E-state index contributed by atoms with van der Waals surface area (Å²) in [6.07, 6.45) is 1.95. The van der Waals surface area contributed by atoms with Crippen molar-refractivity contribution >= 4 is 5.91 Å². The number of rotatable bonds is 4. The lowest BCUT2D eigenvalue weighted by Crippen LogP contribution is -2.31. The Labute approximate surface area is 167 Å². The molecule has 1 aliphatic heterocycles. The molecule has 2 fully saturated rings. The van der Waals surface area contributed by atoms with E-state index in [1.54, 1.807) is 35.2 Å². The van der Waals surface area contributed by atoms with Gasteiger partial charge in [-0.3, -0.25) is 4.79 Å². The van der Waals surface area contributed by atoms with Crippen molar-refractivity contribution in [3.8, 4) is 11.4 Å². The van der Waals surface area contributed by atoms with E-state index >= 15 is 0 Å². The van der Waals surface area contributed by atoms with Crippen LogP contribution in [0, 0.1) is 5.82 Å². The van der Waals surface area contributed by atoms with Crippen LogP contribution in [0.2, 0.25) is 0 Å². The summed E-state index contributed by atoms with van der Waals surface area (Å²) in [5.74, 6) is 0.963. The molecule has 0 unspecified atom stereocenters. The van der Waals surface area contributed by atoms with E-state index in [1.807, 2.05) is 6.07 Å². The Morgan fingerprint density at radius 3 is 2.72 bits per heavy atom. The molecule has 1 aliphatic carbocycles. The molecular formula is C22H20FN3O3. The third kappa shape index (κ3) is 3.53. The number of hydrogen-bond donors (Lipinski definition) is 1. The second kappa shape index (κ2) is 7.08. The van der Waals surface area contributed by atoms with Crippen LogP contribution in [-0.4, -0.2) is 38.7 Å². The van der Waals surface area contributed by atoms with Crippen LogP contribution in [0.5, 0.6) is 0 Å². The van der Waals surface area contributed by atoms with Gasteiger partial charge >= 0.3 is 0 Å². The number of likely N-dealkylation sites (tertiary alicyclic amines) is 1. The highest BCUT2D eigenvalue weighted by molar-refractivity contribution is 5.95. The van der Waals surface area contributed by atoms with E-state index in [9.17, 15) is 14.3 Å². The average molecular weight is 393 g/mol. The van der Waals surface area contributed by atoms with Gasteiger partial charge < -0.3 is 14.5 Å². The summed E-state index contributed by atoms with van der Waals surface area (Å²) in [7, 11) is 0. The molecule has 1 saturated heterocycles. The van der Waals surface area contributed by atoms with Crippen molar-refractivity contribution in [3.63, 3.8) is 0 Å². The Hall–Kier alpha value is -3.06. The Bertz CT molecular complexity index is 1050. The lowest BCUT2D eigenvalue weighted by Gasteiger charge is -2.25. The van der Waals surface area contributed by atoms with E-state index < -0.39 is 6.10 Å². The Morgan fingerprint density at radius 1 is 1.17 bits per heavy atom. The number of hydrogen-bond acceptors (Lipinski definition) is 5. The van der Waals surface area contributed by atoms with E-state index in [1.165, 1.54) is 12.1 Å². The van der Waals surface area contributed by atoms with Gasteiger partial charge in [0.1, 0.15) is 5.82 Å². The molecular weight excluding hydrogens is 373 g/mol. The molecule has 0 bridgehead atoms. The van der Waals surface area contributed by atoms with Gasteiger partial charge in [0.05, 0.1) is 12.1 Å². The van der Waals surface area contributed by atoms with E-state index in [2.05, 4.69) is 10.1 Å². The third-order valence-electron chi connectivity index (χ3n) is 5.53. The van der Waals surface area contributed by atoms with Crippen molar-refractivity contribution in [2.45, 2.75) is 37.3 Å². The summed E-state index contributed by atoms with van der Waals surface area (Å²) < 4.78 is 18.6. The molecule has 1 saturated carbocycles. The minimum Gasteiger partial charge on any atom is -0.391 e. The normalized spacial score (nSPS) is 21.5. The first-order valence-corrected chi connectivity index (χ1v) is 9.77. The maximum atomic E-state index is 13.3. The molecule has 2 heterocycles. The number of carbonyl (C=O) groups is 1. The van der Waals surface area contributed by atoms with Gasteiger partial charge in [-0.05, 0) is 49.1 Å². The van der Waals surface area contributed by atoms with Crippen LogP contribution in [0.25, 0.3) is 11.4 Å². The second-order valence-corrected chi connectivity index (χ2v) is 7.73. The van der Waals surface area contributed by atoms with Crippen molar-refractivity contribution in [1.29, 1.82) is 0 Å². The highest BCUT2D eigenvalue weighted by Crippen LogP contribution is 2.39. The number of aliphatic hydroxyl groups excluding tert-OH is 1. The van der Waals surface area contributed by atoms with Gasteiger partial charge in [-0.2, -0.15) is 4.98 Å². The van der Waals surface area contributed by atoms with Gasteiger partial charge in [0.15, 0.2) is 0 Å². The zero-order valence-electron chi connectivity index (χ0n) is 15.7. The van der Waals surface area contributed by atoms with Crippen LogP contribution >= 0.6 is 0 Å². The topological polar surface area (TPSA) is 79.5 Å². The van der Waals surface area contributed by atoms with Crippen LogP contribution in [0.1, 0.15) is 53.0 Å². The van der Waals surface area contributed by atoms with Crippen molar-refractivity contribution in [2.24, 2.45) is 0 Å². The average Bonchev–Trinajstić information content (AvgIpc) is 3.33. The summed E-state index contributed by atoms with van der Waals surface area (Å²) >= 11 is 0. The molecule has 0 spiro atoms. The van der Waals surface area contributed by atoms with Crippen LogP contribution in [0.15, 0.2) is 53.1 Å². The lowest BCUT2D eigenvalue weighted by molar-refractivity contribution is 0.0716. The Balaban J connectivity index is 1.42. The molecule has 1 amide bonds. The standard InChI is InChI=1S/C22H20FN3O3/c23-17-8-6-13(7-9-17)19-11-18(27)12-26(19)22(28)16-3-1-2-15(10-16)20-24-21(29-25-20)14-4-5-14/h1-3,6-10,14,18-19,27H,4-5,11-12H2/t18-,19-/m1/s1. The van der Waals surface area contributed by atoms with Crippen molar-refractivity contribution in [1.82, 2.24) is 15.0 Å². The zero-order chi connectivity index (χ0) is 20.0. The second-order valence-electron chi connectivity index (χ2n) is 7.73. The van der Waals surface area contributed by atoms with Gasteiger partial charge in [-0.1, -0.05) is 29.4 Å². The largest absolute Gasteiger partial charge is 0.391 e. The highest BCUT2D eigenvalue weighted by Gasteiger charge is 2.36. The Morgan fingerprint density at radius 2 is 1.97 bits per heavy atom. The van der Waals surface area contributed by atoms with E-state index in [0.29, 0.717) is 35.2 Å². The van der Waals surface area contributed by atoms with Gasteiger partial charge in [0.25, 0.3) is 5.91 Å². The monoisotopic (exact) mass is 393 g/mol. The van der Waals surface area contributed by atoms with Gasteiger partial charge in [0.2, 0.25) is 11.7 Å². The molecule has 1 N–H and O–H groups in total. The van der Waals surface area contributed by atoms with Gasteiger partial charge in [0, 0.05) is 23.6 Å². The summed E-state index contributed by atoms with van der Waals surface area (Å²) in [4.78, 5) is 19.3. The number of benzene rings is 2. The highest BCUT2D eigenvalue weighted by atomic mass is 19.1. The molecule has 0 radical (unpaired) electrons. The van der Waals surface area contributed by atoms with Gasteiger partial charge in [-0.15, -0.1) is 0 Å². The van der Waals surface area contributed by atoms with Crippen LogP contribution in [0.4, 0.5) is 4.39 Å². The fourth-order valence-corrected chi connectivity index (χ4v) is 3.84. The quantitative estimate of drug-likeness (QED) is 0.731. The Kier molecular flexibility index (Phi) is 4.39. The van der Waals surface area contributed by atoms with E-state index in [4.69, 9.17) is 4.52 Å². The first-order chi connectivity index (χ1) is 14.1.